The zero-order valence-electron chi connectivity index (χ0n) is 16.9. The minimum Gasteiger partial charge on any atom is -0.473 e. The third kappa shape index (κ3) is 5.94. The van der Waals surface area contributed by atoms with E-state index in [1.807, 2.05) is 43.1 Å². The Morgan fingerprint density at radius 2 is 2.26 bits per heavy atom. The van der Waals surface area contributed by atoms with Gasteiger partial charge in [-0.25, -0.2) is 4.68 Å². The molecule has 148 valence electrons. The second-order valence-electron chi connectivity index (χ2n) is 7.26. The Balaban J connectivity index is 2.19. The van der Waals surface area contributed by atoms with E-state index in [2.05, 4.69) is 25.4 Å². The first-order chi connectivity index (χ1) is 13.1. The molecule has 1 saturated carbocycles. The summed E-state index contributed by atoms with van der Waals surface area (Å²) in [6.07, 6.45) is 12.6. The highest BCUT2D eigenvalue weighted by atomic mass is 16.5. The Hall–Kier alpha value is -2.11. The summed E-state index contributed by atoms with van der Waals surface area (Å²) in [6, 6.07) is 2.00. The fourth-order valence-electron chi connectivity index (χ4n) is 3.61. The molecule has 27 heavy (non-hydrogen) atoms. The van der Waals surface area contributed by atoms with Gasteiger partial charge in [-0.1, -0.05) is 50.5 Å². The highest BCUT2D eigenvalue weighted by Crippen LogP contribution is 2.38. The first kappa shape index (κ1) is 21.2. The van der Waals surface area contributed by atoms with Gasteiger partial charge in [0.25, 0.3) is 0 Å². The highest BCUT2D eigenvalue weighted by Gasteiger charge is 2.38. The molecular weight excluding hydrogens is 338 g/mol. The summed E-state index contributed by atoms with van der Waals surface area (Å²) < 4.78 is 14.0. The predicted molar refractivity (Wildman–Crippen MR) is 111 cm³/mol. The summed E-state index contributed by atoms with van der Waals surface area (Å²) in [5.74, 6) is 1.44. The van der Waals surface area contributed by atoms with E-state index in [1.165, 1.54) is 6.42 Å². The third-order valence-corrected chi connectivity index (χ3v) is 5.00. The van der Waals surface area contributed by atoms with Crippen LogP contribution in [-0.2, 0) is 17.8 Å². The topological polar surface area (TPSA) is 48.3 Å². The van der Waals surface area contributed by atoms with Gasteiger partial charge in [0.2, 0.25) is 5.88 Å². The number of ether oxygens (including phenoxy) is 2. The van der Waals surface area contributed by atoms with Crippen LogP contribution < -0.4 is 10.1 Å². The van der Waals surface area contributed by atoms with Crippen LogP contribution in [0.2, 0.25) is 0 Å². The van der Waals surface area contributed by atoms with Gasteiger partial charge in [-0.15, -0.1) is 0 Å². The van der Waals surface area contributed by atoms with E-state index in [9.17, 15) is 0 Å². The number of nitrogens with one attached hydrogen (secondary N) is 1. The number of methoxy groups -OCH3 is 1. The predicted octanol–water partition coefficient (Wildman–Crippen LogP) is 4.04. The van der Waals surface area contributed by atoms with Gasteiger partial charge in [0.05, 0.1) is 17.8 Å². The summed E-state index contributed by atoms with van der Waals surface area (Å²) in [7, 11) is 3.72. The fraction of sp³-hybridized carbons (Fsp3) is 0.500. The fourth-order valence-corrected chi connectivity index (χ4v) is 3.61. The van der Waals surface area contributed by atoms with Gasteiger partial charge >= 0.3 is 0 Å². The van der Waals surface area contributed by atoms with Crippen LogP contribution in [0.5, 0.6) is 5.88 Å². The van der Waals surface area contributed by atoms with Crippen LogP contribution in [0.15, 0.2) is 55.2 Å². The monoisotopic (exact) mass is 371 g/mol. The number of allylic oxidation sites excluding steroid dienone is 4. The van der Waals surface area contributed by atoms with Crippen LogP contribution in [0.3, 0.4) is 0 Å². The SMILES string of the molecule is C=C/C=C\C(=C/C=C)COc1cc(CNC)nn1CC1(OC)CCC(C)C1. The van der Waals surface area contributed by atoms with Crippen molar-refractivity contribution in [1.29, 1.82) is 0 Å². The lowest BCUT2D eigenvalue weighted by atomic mass is 10.0. The van der Waals surface area contributed by atoms with Gasteiger partial charge in [0.1, 0.15) is 6.61 Å². The van der Waals surface area contributed by atoms with Crippen molar-refractivity contribution >= 4 is 0 Å². The van der Waals surface area contributed by atoms with Crippen LogP contribution in [0.4, 0.5) is 0 Å². The second kappa shape index (κ2) is 10.3. The van der Waals surface area contributed by atoms with E-state index < -0.39 is 0 Å². The minimum absolute atomic E-state index is 0.164. The van der Waals surface area contributed by atoms with Crippen LogP contribution in [0.25, 0.3) is 0 Å². The maximum atomic E-state index is 6.12. The standard InChI is InChI=1S/C22H33N3O2/c1-6-8-10-19(9-7-2)16-27-21-13-20(15-23-4)24-25(21)17-22(26-5)12-11-18(3)14-22/h6-10,13,18,23H,1-2,11-12,14-17H2,3-5H3/b10-8-,19-9+. The molecule has 2 rings (SSSR count). The maximum absolute atomic E-state index is 6.12. The van der Waals surface area contributed by atoms with Gasteiger partial charge in [-0.2, -0.15) is 5.10 Å². The van der Waals surface area contributed by atoms with E-state index in [0.717, 1.165) is 30.0 Å². The lowest BCUT2D eigenvalue weighted by Crippen LogP contribution is -2.34. The Morgan fingerprint density at radius 3 is 2.85 bits per heavy atom. The third-order valence-electron chi connectivity index (χ3n) is 5.00. The molecule has 5 nitrogen and oxygen atoms in total. The molecule has 0 amide bonds. The summed E-state index contributed by atoms with van der Waals surface area (Å²) in [6.45, 7) is 11.6. The number of nitrogens with zero attached hydrogens (tertiary/aromatic N) is 2. The lowest BCUT2D eigenvalue weighted by Gasteiger charge is -2.28. The Labute approximate surface area is 163 Å². The van der Waals surface area contributed by atoms with Gasteiger partial charge < -0.3 is 14.8 Å². The molecule has 0 aliphatic heterocycles. The highest BCUT2D eigenvalue weighted by molar-refractivity contribution is 5.27. The number of rotatable bonds is 11. The number of hydrogen-bond acceptors (Lipinski definition) is 4. The molecule has 5 heteroatoms. The van der Waals surface area contributed by atoms with E-state index >= 15 is 0 Å². The molecular formula is C22H33N3O2. The normalized spacial score (nSPS) is 23.1. The molecule has 1 aliphatic carbocycles. The van der Waals surface area contributed by atoms with E-state index in [0.29, 0.717) is 25.6 Å². The Morgan fingerprint density at radius 1 is 1.44 bits per heavy atom. The van der Waals surface area contributed by atoms with Crippen molar-refractivity contribution in [2.24, 2.45) is 5.92 Å². The first-order valence-electron chi connectivity index (χ1n) is 9.55. The smallest absolute Gasteiger partial charge is 0.212 e. The molecule has 2 atom stereocenters. The quantitative estimate of drug-likeness (QED) is 0.597. The second-order valence-corrected chi connectivity index (χ2v) is 7.26. The molecule has 1 heterocycles. The molecule has 1 fully saturated rings. The molecule has 1 N–H and O–H groups in total. The van der Waals surface area contributed by atoms with Gasteiger partial charge in [0.15, 0.2) is 0 Å². The molecule has 1 aromatic heterocycles. The van der Waals surface area contributed by atoms with Crippen LogP contribution in [0, 0.1) is 5.92 Å². The number of hydrogen-bond donors (Lipinski definition) is 1. The van der Waals surface area contributed by atoms with Crippen molar-refractivity contribution in [3.8, 4) is 5.88 Å². The average molecular weight is 372 g/mol. The zero-order valence-corrected chi connectivity index (χ0v) is 16.9. The molecule has 1 aliphatic rings. The molecule has 0 saturated heterocycles. The Bertz CT molecular complexity index is 690. The van der Waals surface area contributed by atoms with Crippen molar-refractivity contribution in [2.45, 2.75) is 44.9 Å². The van der Waals surface area contributed by atoms with Crippen LogP contribution in [-0.4, -0.2) is 36.1 Å². The van der Waals surface area contributed by atoms with Crippen molar-refractivity contribution in [3.05, 3.63) is 60.9 Å². The van der Waals surface area contributed by atoms with Gasteiger partial charge in [0, 0.05) is 19.7 Å². The largest absolute Gasteiger partial charge is 0.473 e. The molecule has 2 unspecified atom stereocenters. The van der Waals surface area contributed by atoms with E-state index in [1.54, 1.807) is 12.2 Å². The average Bonchev–Trinajstić information content (AvgIpc) is 3.21. The molecule has 0 radical (unpaired) electrons. The summed E-state index contributed by atoms with van der Waals surface area (Å²) in [5.41, 5.74) is 1.81. The van der Waals surface area contributed by atoms with Crippen LogP contribution >= 0.6 is 0 Å². The van der Waals surface area contributed by atoms with E-state index in [-0.39, 0.29) is 5.60 Å². The first-order valence-corrected chi connectivity index (χ1v) is 9.55. The molecule has 0 aromatic carbocycles. The van der Waals surface area contributed by atoms with E-state index in [4.69, 9.17) is 14.6 Å². The van der Waals surface area contributed by atoms with Crippen molar-refractivity contribution in [1.82, 2.24) is 15.1 Å². The minimum atomic E-state index is -0.164. The van der Waals surface area contributed by atoms with Crippen molar-refractivity contribution in [3.63, 3.8) is 0 Å². The number of aromatic nitrogens is 2. The molecule has 1 aromatic rings. The van der Waals surface area contributed by atoms with Crippen LogP contribution in [0.1, 0.15) is 31.9 Å². The van der Waals surface area contributed by atoms with Gasteiger partial charge in [-0.3, -0.25) is 0 Å². The summed E-state index contributed by atoms with van der Waals surface area (Å²) >= 11 is 0. The zero-order chi connectivity index (χ0) is 19.7. The Kier molecular flexibility index (Phi) is 8.07. The van der Waals surface area contributed by atoms with Crippen molar-refractivity contribution in [2.75, 3.05) is 20.8 Å². The lowest BCUT2D eigenvalue weighted by molar-refractivity contribution is -0.0251. The summed E-state index contributed by atoms with van der Waals surface area (Å²) in [4.78, 5) is 0. The van der Waals surface area contributed by atoms with Crippen molar-refractivity contribution < 1.29 is 9.47 Å². The summed E-state index contributed by atoms with van der Waals surface area (Å²) in [5, 5.41) is 7.90. The van der Waals surface area contributed by atoms with Gasteiger partial charge in [-0.05, 0) is 37.8 Å². The molecule has 0 bridgehead atoms. The molecule has 0 spiro atoms. The maximum Gasteiger partial charge on any atom is 0.212 e.